The fraction of sp³-hybridized carbons (Fsp3) is 0.235. The van der Waals surface area contributed by atoms with Gasteiger partial charge in [0.25, 0.3) is 0 Å². The lowest BCUT2D eigenvalue weighted by molar-refractivity contribution is 0.0977. The van der Waals surface area contributed by atoms with Crippen LogP contribution < -0.4 is 4.74 Å². The Morgan fingerprint density at radius 3 is 2.55 bits per heavy atom. The van der Waals surface area contributed by atoms with Crippen LogP contribution in [-0.2, 0) is 0 Å². The van der Waals surface area contributed by atoms with Gasteiger partial charge in [-0.1, -0.05) is 42.0 Å². The lowest BCUT2D eigenvalue weighted by Crippen LogP contribution is -2.11. The molecule has 104 valence electrons. The molecule has 0 saturated carbocycles. The molecule has 0 amide bonds. The molecule has 0 spiro atoms. The van der Waals surface area contributed by atoms with E-state index in [9.17, 15) is 9.90 Å². The molecule has 0 radical (unpaired) electrons. The molecule has 20 heavy (non-hydrogen) atoms. The summed E-state index contributed by atoms with van der Waals surface area (Å²) >= 11 is 0. The average Bonchev–Trinajstić information content (AvgIpc) is 2.46. The Labute approximate surface area is 118 Å². The number of aryl methyl sites for hydroxylation is 1. The van der Waals surface area contributed by atoms with E-state index < -0.39 is 6.10 Å². The number of ketones is 1. The predicted octanol–water partition coefficient (Wildman–Crippen LogP) is 3.31. The first-order valence-corrected chi connectivity index (χ1v) is 6.55. The van der Waals surface area contributed by atoms with Crippen LogP contribution in [0.2, 0.25) is 0 Å². The van der Waals surface area contributed by atoms with Gasteiger partial charge < -0.3 is 9.84 Å². The van der Waals surface area contributed by atoms with Gasteiger partial charge in [-0.3, -0.25) is 4.79 Å². The van der Waals surface area contributed by atoms with Crippen LogP contribution in [-0.4, -0.2) is 17.5 Å². The molecule has 0 aliphatic heterocycles. The van der Waals surface area contributed by atoms with Crippen molar-refractivity contribution in [1.29, 1.82) is 0 Å². The summed E-state index contributed by atoms with van der Waals surface area (Å²) in [5.74, 6) is 0.469. The van der Waals surface area contributed by atoms with E-state index in [-0.39, 0.29) is 12.4 Å². The van der Waals surface area contributed by atoms with Gasteiger partial charge in [-0.05, 0) is 31.5 Å². The zero-order valence-corrected chi connectivity index (χ0v) is 11.7. The van der Waals surface area contributed by atoms with Crippen molar-refractivity contribution in [3.05, 3.63) is 65.2 Å². The number of carbonyl (C=O) groups excluding carboxylic acids is 1. The number of hydrogen-bond donors (Lipinski definition) is 1. The molecule has 0 aliphatic carbocycles. The summed E-state index contributed by atoms with van der Waals surface area (Å²) in [6, 6.07) is 14.8. The lowest BCUT2D eigenvalue weighted by atomic mass is 10.1. The number of aliphatic hydroxyl groups is 1. The van der Waals surface area contributed by atoms with Gasteiger partial charge >= 0.3 is 0 Å². The minimum Gasteiger partial charge on any atom is -0.490 e. The second-order valence-corrected chi connectivity index (χ2v) is 4.79. The van der Waals surface area contributed by atoms with Crippen molar-refractivity contribution >= 4 is 5.78 Å². The molecule has 0 heterocycles. The fourth-order valence-electron chi connectivity index (χ4n) is 1.98. The molecule has 2 rings (SSSR count). The van der Waals surface area contributed by atoms with E-state index in [2.05, 4.69) is 0 Å². The number of carbonyl (C=O) groups is 1. The Bertz CT molecular complexity index is 590. The van der Waals surface area contributed by atoms with Gasteiger partial charge in [0.1, 0.15) is 18.5 Å². The number of Topliss-reactive ketones (excluding diaryl/α,β-unsaturated/α-hetero) is 1. The number of benzene rings is 2. The van der Waals surface area contributed by atoms with E-state index in [1.54, 1.807) is 12.1 Å². The van der Waals surface area contributed by atoms with Crippen molar-refractivity contribution in [2.75, 3.05) is 6.61 Å². The van der Waals surface area contributed by atoms with E-state index in [4.69, 9.17) is 4.74 Å². The molecule has 0 fully saturated rings. The monoisotopic (exact) mass is 270 g/mol. The van der Waals surface area contributed by atoms with Crippen molar-refractivity contribution in [1.82, 2.24) is 0 Å². The molecule has 2 aromatic carbocycles. The molecule has 1 atom stereocenters. The van der Waals surface area contributed by atoms with Crippen LogP contribution in [0.15, 0.2) is 48.5 Å². The first-order valence-electron chi connectivity index (χ1n) is 6.55. The van der Waals surface area contributed by atoms with Gasteiger partial charge in [0.05, 0.1) is 5.56 Å². The first-order chi connectivity index (χ1) is 9.58. The molecular weight excluding hydrogens is 252 g/mol. The van der Waals surface area contributed by atoms with E-state index in [1.165, 1.54) is 6.92 Å². The Balaban J connectivity index is 2.09. The van der Waals surface area contributed by atoms with Gasteiger partial charge in [0, 0.05) is 0 Å². The summed E-state index contributed by atoms with van der Waals surface area (Å²) in [5, 5.41) is 10.1. The normalized spacial score (nSPS) is 11.9. The van der Waals surface area contributed by atoms with Crippen molar-refractivity contribution < 1.29 is 14.6 Å². The van der Waals surface area contributed by atoms with E-state index in [1.807, 2.05) is 43.3 Å². The molecule has 0 aliphatic rings. The third-order valence-electron chi connectivity index (χ3n) is 3.10. The second-order valence-electron chi connectivity index (χ2n) is 4.79. The van der Waals surface area contributed by atoms with E-state index in [0.29, 0.717) is 11.3 Å². The Kier molecular flexibility index (Phi) is 4.53. The highest BCUT2D eigenvalue weighted by Gasteiger charge is 2.12. The van der Waals surface area contributed by atoms with E-state index in [0.717, 1.165) is 11.1 Å². The van der Waals surface area contributed by atoms with Gasteiger partial charge in [-0.25, -0.2) is 0 Å². The minimum absolute atomic E-state index is 0.0436. The van der Waals surface area contributed by atoms with Crippen LogP contribution >= 0.6 is 0 Å². The summed E-state index contributed by atoms with van der Waals surface area (Å²) in [4.78, 5) is 11.6. The number of rotatable bonds is 5. The van der Waals surface area contributed by atoms with Gasteiger partial charge in [-0.15, -0.1) is 0 Å². The maximum absolute atomic E-state index is 11.6. The SMILES string of the molecule is CC(=O)c1cc(C)ccc1OCC(O)c1ccccc1. The first kappa shape index (κ1) is 14.3. The van der Waals surface area contributed by atoms with Crippen LogP contribution in [0.1, 0.15) is 34.5 Å². The van der Waals surface area contributed by atoms with Crippen LogP contribution in [0, 0.1) is 6.92 Å². The van der Waals surface area contributed by atoms with Crippen molar-refractivity contribution in [2.24, 2.45) is 0 Å². The Morgan fingerprint density at radius 2 is 1.90 bits per heavy atom. The van der Waals surface area contributed by atoms with Crippen molar-refractivity contribution in [3.63, 3.8) is 0 Å². The summed E-state index contributed by atoms with van der Waals surface area (Å²) in [6.07, 6.45) is -0.711. The maximum Gasteiger partial charge on any atom is 0.163 e. The van der Waals surface area contributed by atoms with E-state index >= 15 is 0 Å². The molecule has 3 nitrogen and oxygen atoms in total. The zero-order valence-electron chi connectivity index (χ0n) is 11.7. The summed E-state index contributed by atoms with van der Waals surface area (Å²) in [5.41, 5.74) is 2.35. The fourth-order valence-corrected chi connectivity index (χ4v) is 1.98. The molecule has 0 saturated heterocycles. The van der Waals surface area contributed by atoms with Crippen molar-refractivity contribution in [2.45, 2.75) is 20.0 Å². The molecular formula is C17H18O3. The highest BCUT2D eigenvalue weighted by molar-refractivity contribution is 5.97. The highest BCUT2D eigenvalue weighted by atomic mass is 16.5. The summed E-state index contributed by atoms with van der Waals surface area (Å²) in [7, 11) is 0. The van der Waals surface area contributed by atoms with Crippen molar-refractivity contribution in [3.8, 4) is 5.75 Å². The average molecular weight is 270 g/mol. The standard InChI is InChI=1S/C17H18O3/c1-12-8-9-17(15(10-12)13(2)18)20-11-16(19)14-6-4-3-5-7-14/h3-10,16,19H,11H2,1-2H3. The molecule has 2 aromatic rings. The highest BCUT2D eigenvalue weighted by Crippen LogP contribution is 2.22. The molecule has 0 bridgehead atoms. The third kappa shape index (κ3) is 3.45. The summed E-state index contributed by atoms with van der Waals surface area (Å²) < 4.78 is 5.60. The molecule has 3 heteroatoms. The zero-order chi connectivity index (χ0) is 14.5. The molecule has 1 unspecified atom stereocenters. The minimum atomic E-state index is -0.711. The molecule has 0 aromatic heterocycles. The molecule has 1 N–H and O–H groups in total. The lowest BCUT2D eigenvalue weighted by Gasteiger charge is -2.14. The second kappa shape index (κ2) is 6.35. The maximum atomic E-state index is 11.6. The quantitative estimate of drug-likeness (QED) is 0.848. The van der Waals surface area contributed by atoms with Crippen LogP contribution in [0.5, 0.6) is 5.75 Å². The largest absolute Gasteiger partial charge is 0.490 e. The summed E-state index contributed by atoms with van der Waals surface area (Å²) in [6.45, 7) is 3.55. The third-order valence-corrected chi connectivity index (χ3v) is 3.10. The predicted molar refractivity (Wildman–Crippen MR) is 78.1 cm³/mol. The number of aliphatic hydroxyl groups excluding tert-OH is 1. The van der Waals surface area contributed by atoms with Gasteiger partial charge in [0.15, 0.2) is 5.78 Å². The topological polar surface area (TPSA) is 46.5 Å². The van der Waals surface area contributed by atoms with Gasteiger partial charge in [0.2, 0.25) is 0 Å². The van der Waals surface area contributed by atoms with Crippen LogP contribution in [0.25, 0.3) is 0 Å². The smallest absolute Gasteiger partial charge is 0.163 e. The van der Waals surface area contributed by atoms with Gasteiger partial charge in [-0.2, -0.15) is 0 Å². The number of ether oxygens (including phenoxy) is 1. The van der Waals surface area contributed by atoms with Crippen LogP contribution in [0.4, 0.5) is 0 Å². The number of hydrogen-bond acceptors (Lipinski definition) is 3. The Morgan fingerprint density at radius 1 is 1.20 bits per heavy atom. The Hall–Kier alpha value is -2.13. The van der Waals surface area contributed by atoms with Crippen LogP contribution in [0.3, 0.4) is 0 Å².